The van der Waals surface area contributed by atoms with Crippen molar-refractivity contribution in [1.29, 1.82) is 0 Å². The summed E-state index contributed by atoms with van der Waals surface area (Å²) in [5.41, 5.74) is 1.73. The van der Waals surface area contributed by atoms with Gasteiger partial charge in [-0.1, -0.05) is 60.7 Å². The molecule has 1 aliphatic carbocycles. The van der Waals surface area contributed by atoms with Crippen molar-refractivity contribution in [2.75, 3.05) is 0 Å². The zero-order valence-corrected chi connectivity index (χ0v) is 11.4. The molecule has 21 heavy (non-hydrogen) atoms. The van der Waals surface area contributed by atoms with Crippen molar-refractivity contribution in [2.45, 2.75) is 18.4 Å². The van der Waals surface area contributed by atoms with Gasteiger partial charge in [-0.25, -0.2) is 0 Å². The summed E-state index contributed by atoms with van der Waals surface area (Å²) in [7, 11) is 0. The molecule has 0 radical (unpaired) electrons. The normalized spacial score (nSPS) is 22.4. The summed E-state index contributed by atoms with van der Waals surface area (Å²) in [5, 5.41) is 20.7. The molecule has 0 bridgehead atoms. The Kier molecular flexibility index (Phi) is 3.59. The molecule has 0 saturated carbocycles. The maximum Gasteiger partial charge on any atom is 0.167 e. The van der Waals surface area contributed by atoms with Gasteiger partial charge in [0.05, 0.1) is 5.57 Å². The van der Waals surface area contributed by atoms with E-state index in [0.29, 0.717) is 5.56 Å². The highest BCUT2D eigenvalue weighted by atomic mass is 16.3. The minimum absolute atomic E-state index is 0.141. The van der Waals surface area contributed by atoms with Crippen molar-refractivity contribution in [3.8, 4) is 0 Å². The van der Waals surface area contributed by atoms with Crippen molar-refractivity contribution in [1.82, 2.24) is 0 Å². The van der Waals surface area contributed by atoms with E-state index >= 15 is 0 Å². The largest absolute Gasteiger partial charge is 0.509 e. The first-order valence-electron chi connectivity index (χ1n) is 6.93. The van der Waals surface area contributed by atoms with Gasteiger partial charge in [-0.15, -0.1) is 0 Å². The van der Waals surface area contributed by atoms with Gasteiger partial charge in [-0.05, 0) is 11.1 Å². The Balaban J connectivity index is 2.02. The van der Waals surface area contributed by atoms with Gasteiger partial charge in [-0.3, -0.25) is 4.79 Å². The summed E-state index contributed by atoms with van der Waals surface area (Å²) in [6.45, 7) is 0. The Hall–Kier alpha value is -2.39. The van der Waals surface area contributed by atoms with E-state index in [0.717, 1.165) is 5.56 Å². The van der Waals surface area contributed by atoms with Crippen LogP contribution in [0.3, 0.4) is 0 Å². The Labute approximate surface area is 123 Å². The fraction of sp³-hybridized carbons (Fsp3) is 0.167. The minimum atomic E-state index is -1.06. The molecule has 3 rings (SSSR count). The van der Waals surface area contributed by atoms with E-state index in [1.54, 1.807) is 24.3 Å². The fourth-order valence-corrected chi connectivity index (χ4v) is 2.81. The summed E-state index contributed by atoms with van der Waals surface area (Å²) in [5.74, 6) is -0.768. The number of carbonyl (C=O) groups excluding carboxylic acids is 1. The van der Waals surface area contributed by atoms with Crippen molar-refractivity contribution < 1.29 is 15.0 Å². The molecule has 2 aromatic carbocycles. The van der Waals surface area contributed by atoms with Crippen LogP contribution in [0.15, 0.2) is 66.4 Å². The van der Waals surface area contributed by atoms with Crippen molar-refractivity contribution in [3.05, 3.63) is 77.5 Å². The number of aliphatic hydroxyl groups excluding tert-OH is 2. The van der Waals surface area contributed by atoms with Gasteiger partial charge in [0.2, 0.25) is 0 Å². The number of Topliss-reactive ketones (excluding diaryl/α,β-unsaturated/α-hetero) is 1. The minimum Gasteiger partial charge on any atom is -0.509 e. The second-order valence-corrected chi connectivity index (χ2v) is 5.22. The number of aliphatic hydroxyl groups is 2. The van der Waals surface area contributed by atoms with E-state index in [1.165, 1.54) is 0 Å². The first-order valence-corrected chi connectivity index (χ1v) is 6.93. The number of carbonyl (C=O) groups is 1. The molecule has 2 atom stereocenters. The zero-order chi connectivity index (χ0) is 14.8. The molecule has 1 aliphatic rings. The molecule has 0 saturated heterocycles. The maximum atomic E-state index is 12.4. The topological polar surface area (TPSA) is 57.5 Å². The van der Waals surface area contributed by atoms with Crippen LogP contribution in [0.2, 0.25) is 0 Å². The van der Waals surface area contributed by atoms with Crippen LogP contribution in [-0.2, 0) is 4.79 Å². The highest BCUT2D eigenvalue weighted by Gasteiger charge is 2.36. The summed E-state index contributed by atoms with van der Waals surface area (Å²) in [6, 6.07) is 18.3. The van der Waals surface area contributed by atoms with Crippen LogP contribution in [0, 0.1) is 0 Å². The Morgan fingerprint density at radius 1 is 0.905 bits per heavy atom. The molecular weight excluding hydrogens is 264 g/mol. The highest BCUT2D eigenvalue weighted by Crippen LogP contribution is 2.37. The van der Waals surface area contributed by atoms with Crippen LogP contribution in [0.1, 0.15) is 23.5 Å². The van der Waals surface area contributed by atoms with Crippen LogP contribution in [0.25, 0.3) is 5.57 Å². The van der Waals surface area contributed by atoms with Gasteiger partial charge in [0, 0.05) is 12.3 Å². The average Bonchev–Trinajstić information content (AvgIpc) is 2.53. The molecule has 0 unspecified atom stereocenters. The van der Waals surface area contributed by atoms with Gasteiger partial charge in [0.1, 0.15) is 11.9 Å². The third-order valence-electron chi connectivity index (χ3n) is 3.89. The average molecular weight is 280 g/mol. The standard InChI is InChI=1S/C18H16O3/c19-15-11-14(12-7-3-1-4-8-12)17(20)18(21)16(15)13-9-5-2-6-10-13/h1-10,14,17,20-21H,11H2/t14-,17+/m1/s1. The highest BCUT2D eigenvalue weighted by molar-refractivity contribution is 6.22. The molecule has 3 nitrogen and oxygen atoms in total. The van der Waals surface area contributed by atoms with Gasteiger partial charge in [0.15, 0.2) is 5.78 Å². The first kappa shape index (κ1) is 13.6. The summed E-state index contributed by atoms with van der Waals surface area (Å²) >= 11 is 0. The van der Waals surface area contributed by atoms with Gasteiger partial charge in [-0.2, -0.15) is 0 Å². The molecule has 106 valence electrons. The lowest BCUT2D eigenvalue weighted by molar-refractivity contribution is -0.115. The predicted molar refractivity (Wildman–Crippen MR) is 80.8 cm³/mol. The lowest BCUT2D eigenvalue weighted by Crippen LogP contribution is -2.30. The van der Waals surface area contributed by atoms with E-state index in [1.807, 2.05) is 36.4 Å². The van der Waals surface area contributed by atoms with Gasteiger partial charge < -0.3 is 10.2 Å². The molecule has 0 aliphatic heterocycles. The van der Waals surface area contributed by atoms with Gasteiger partial charge >= 0.3 is 0 Å². The number of hydrogen-bond donors (Lipinski definition) is 2. The van der Waals surface area contributed by atoms with E-state index in [-0.39, 0.29) is 23.5 Å². The molecule has 0 aromatic heterocycles. The smallest absolute Gasteiger partial charge is 0.167 e. The summed E-state index contributed by atoms with van der Waals surface area (Å²) in [6.07, 6.45) is -0.861. The lowest BCUT2D eigenvalue weighted by atomic mass is 9.79. The van der Waals surface area contributed by atoms with Crippen LogP contribution >= 0.6 is 0 Å². The van der Waals surface area contributed by atoms with Crippen molar-refractivity contribution in [2.24, 2.45) is 0 Å². The van der Waals surface area contributed by atoms with E-state index in [4.69, 9.17) is 0 Å². The van der Waals surface area contributed by atoms with Crippen LogP contribution < -0.4 is 0 Å². The third-order valence-corrected chi connectivity index (χ3v) is 3.89. The van der Waals surface area contributed by atoms with Crippen LogP contribution in [0.4, 0.5) is 0 Å². The number of benzene rings is 2. The molecule has 0 heterocycles. The molecule has 0 amide bonds. The summed E-state index contributed by atoms with van der Waals surface area (Å²) < 4.78 is 0. The molecular formula is C18H16O3. The number of ketones is 1. The van der Waals surface area contributed by atoms with E-state index in [2.05, 4.69) is 0 Å². The Morgan fingerprint density at radius 3 is 2.10 bits per heavy atom. The third kappa shape index (κ3) is 2.48. The summed E-state index contributed by atoms with van der Waals surface area (Å²) in [4.78, 5) is 12.4. The maximum absolute atomic E-state index is 12.4. The number of hydrogen-bond acceptors (Lipinski definition) is 3. The lowest BCUT2D eigenvalue weighted by Gasteiger charge is -2.29. The quantitative estimate of drug-likeness (QED) is 0.888. The molecule has 0 fully saturated rings. The van der Waals surface area contributed by atoms with Crippen molar-refractivity contribution in [3.63, 3.8) is 0 Å². The van der Waals surface area contributed by atoms with Crippen molar-refractivity contribution >= 4 is 11.4 Å². The van der Waals surface area contributed by atoms with E-state index in [9.17, 15) is 15.0 Å². The SMILES string of the molecule is O=C1C[C@H](c2ccccc2)[C@H](O)C(O)=C1c1ccccc1. The first-order chi connectivity index (χ1) is 10.2. The Bertz CT molecular complexity index is 674. The Morgan fingerprint density at radius 2 is 1.48 bits per heavy atom. The fourth-order valence-electron chi connectivity index (χ4n) is 2.81. The predicted octanol–water partition coefficient (Wildman–Crippen LogP) is 3.07. The number of allylic oxidation sites excluding steroid dienone is 1. The molecule has 2 N–H and O–H groups in total. The monoisotopic (exact) mass is 280 g/mol. The van der Waals surface area contributed by atoms with E-state index < -0.39 is 12.0 Å². The second-order valence-electron chi connectivity index (χ2n) is 5.22. The second kappa shape index (κ2) is 5.54. The van der Waals surface area contributed by atoms with Crippen LogP contribution in [0.5, 0.6) is 0 Å². The molecule has 3 heteroatoms. The molecule has 2 aromatic rings. The molecule has 0 spiro atoms. The number of rotatable bonds is 2. The zero-order valence-electron chi connectivity index (χ0n) is 11.4. The van der Waals surface area contributed by atoms with Crippen LogP contribution in [-0.4, -0.2) is 22.1 Å². The van der Waals surface area contributed by atoms with Gasteiger partial charge in [0.25, 0.3) is 0 Å².